The molecule has 3 rings (SSSR count). The monoisotopic (exact) mass is 356 g/mol. The molecule has 3 nitrogen and oxygen atoms in total. The van der Waals surface area contributed by atoms with Crippen LogP contribution in [-0.4, -0.2) is 11.1 Å². The standard InChI is InChI=1S/C18H13BrO3/c19-14-8-9-17(20)16(10-14)18(21)22-11-13-6-3-5-12-4-1-2-7-15(12)13/h1-10,20H,11H2. The summed E-state index contributed by atoms with van der Waals surface area (Å²) in [5.74, 6) is -0.641. The van der Waals surface area contributed by atoms with Crippen molar-refractivity contribution < 1.29 is 14.6 Å². The number of carbonyl (C=O) groups is 1. The summed E-state index contributed by atoms with van der Waals surface area (Å²) >= 11 is 3.27. The molecule has 0 bridgehead atoms. The Hall–Kier alpha value is -2.33. The number of hydrogen-bond donors (Lipinski definition) is 1. The summed E-state index contributed by atoms with van der Waals surface area (Å²) in [6.45, 7) is 0.159. The molecule has 0 amide bonds. The van der Waals surface area contributed by atoms with Gasteiger partial charge in [-0.25, -0.2) is 4.79 Å². The zero-order valence-electron chi connectivity index (χ0n) is 11.6. The van der Waals surface area contributed by atoms with E-state index >= 15 is 0 Å². The summed E-state index contributed by atoms with van der Waals surface area (Å²) in [6, 6.07) is 18.5. The van der Waals surface area contributed by atoms with Gasteiger partial charge < -0.3 is 9.84 Å². The summed E-state index contributed by atoms with van der Waals surface area (Å²) in [7, 11) is 0. The van der Waals surface area contributed by atoms with E-state index in [4.69, 9.17) is 4.74 Å². The molecule has 0 spiro atoms. The summed E-state index contributed by atoms with van der Waals surface area (Å²) < 4.78 is 6.05. The molecule has 0 unspecified atom stereocenters. The highest BCUT2D eigenvalue weighted by Crippen LogP contribution is 2.24. The molecule has 0 aliphatic heterocycles. The summed E-state index contributed by atoms with van der Waals surface area (Å²) in [5, 5.41) is 11.9. The van der Waals surface area contributed by atoms with Crippen molar-refractivity contribution in [3.05, 3.63) is 76.3 Å². The zero-order valence-corrected chi connectivity index (χ0v) is 13.2. The fourth-order valence-corrected chi connectivity index (χ4v) is 2.67. The number of ether oxygens (including phenoxy) is 1. The topological polar surface area (TPSA) is 46.5 Å². The number of rotatable bonds is 3. The smallest absolute Gasteiger partial charge is 0.342 e. The maximum Gasteiger partial charge on any atom is 0.342 e. The van der Waals surface area contributed by atoms with Gasteiger partial charge in [0.15, 0.2) is 0 Å². The number of hydrogen-bond acceptors (Lipinski definition) is 3. The van der Waals surface area contributed by atoms with Crippen molar-refractivity contribution in [3.63, 3.8) is 0 Å². The van der Waals surface area contributed by atoms with Crippen molar-refractivity contribution in [2.75, 3.05) is 0 Å². The Kier molecular flexibility index (Phi) is 4.11. The molecule has 22 heavy (non-hydrogen) atoms. The van der Waals surface area contributed by atoms with Gasteiger partial charge in [-0.2, -0.15) is 0 Å². The molecule has 0 atom stereocenters. The second kappa shape index (κ2) is 6.20. The van der Waals surface area contributed by atoms with Crippen LogP contribution < -0.4 is 0 Å². The van der Waals surface area contributed by atoms with E-state index < -0.39 is 5.97 Å². The van der Waals surface area contributed by atoms with E-state index in [9.17, 15) is 9.90 Å². The first kappa shape index (κ1) is 14.6. The lowest BCUT2D eigenvalue weighted by Gasteiger charge is -2.09. The predicted octanol–water partition coefficient (Wildman–Crippen LogP) is 4.66. The number of carbonyl (C=O) groups excluding carboxylic acids is 1. The van der Waals surface area contributed by atoms with E-state index in [0.717, 1.165) is 16.3 Å². The number of fused-ring (bicyclic) bond motifs is 1. The van der Waals surface area contributed by atoms with Crippen molar-refractivity contribution in [2.24, 2.45) is 0 Å². The number of benzene rings is 3. The van der Waals surface area contributed by atoms with Crippen LogP contribution in [0.25, 0.3) is 10.8 Å². The van der Waals surface area contributed by atoms with Crippen LogP contribution in [0.1, 0.15) is 15.9 Å². The fraction of sp³-hybridized carbons (Fsp3) is 0.0556. The van der Waals surface area contributed by atoms with Crippen LogP contribution in [0.5, 0.6) is 5.75 Å². The quantitative estimate of drug-likeness (QED) is 0.694. The molecule has 1 N–H and O–H groups in total. The van der Waals surface area contributed by atoms with Gasteiger partial charge >= 0.3 is 5.97 Å². The highest BCUT2D eigenvalue weighted by molar-refractivity contribution is 9.10. The average Bonchev–Trinajstić information content (AvgIpc) is 2.54. The van der Waals surface area contributed by atoms with Gasteiger partial charge in [0.25, 0.3) is 0 Å². The molecule has 3 aromatic rings. The summed E-state index contributed by atoms with van der Waals surface area (Å²) in [4.78, 5) is 12.1. The van der Waals surface area contributed by atoms with Crippen LogP contribution in [0, 0.1) is 0 Å². The number of aromatic hydroxyl groups is 1. The second-order valence-corrected chi connectivity index (χ2v) is 5.79. The Labute approximate surface area is 136 Å². The third kappa shape index (κ3) is 2.97. The Morgan fingerprint density at radius 2 is 1.82 bits per heavy atom. The van der Waals surface area contributed by atoms with Crippen LogP contribution in [0.4, 0.5) is 0 Å². The average molecular weight is 357 g/mol. The van der Waals surface area contributed by atoms with Crippen molar-refractivity contribution in [1.82, 2.24) is 0 Å². The minimum absolute atomic E-state index is 0.0916. The van der Waals surface area contributed by atoms with E-state index in [1.54, 1.807) is 12.1 Å². The molecule has 0 radical (unpaired) electrons. The third-order valence-corrected chi connectivity index (χ3v) is 3.91. The first-order chi connectivity index (χ1) is 10.6. The fourth-order valence-electron chi connectivity index (χ4n) is 2.31. The van der Waals surface area contributed by atoms with Gasteiger partial charge in [0.05, 0.1) is 0 Å². The van der Waals surface area contributed by atoms with E-state index in [-0.39, 0.29) is 17.9 Å². The van der Waals surface area contributed by atoms with Gasteiger partial charge in [0.1, 0.15) is 17.9 Å². The molecule has 0 fully saturated rings. The largest absolute Gasteiger partial charge is 0.507 e. The molecule has 0 aromatic heterocycles. The van der Waals surface area contributed by atoms with Crippen LogP contribution in [0.2, 0.25) is 0 Å². The van der Waals surface area contributed by atoms with E-state index in [0.29, 0.717) is 4.47 Å². The molecular weight excluding hydrogens is 344 g/mol. The maximum atomic E-state index is 12.1. The van der Waals surface area contributed by atoms with Crippen LogP contribution in [0.3, 0.4) is 0 Å². The van der Waals surface area contributed by atoms with E-state index in [1.165, 1.54) is 6.07 Å². The normalized spacial score (nSPS) is 10.6. The molecule has 0 aliphatic rings. The SMILES string of the molecule is O=C(OCc1cccc2ccccc12)c1cc(Br)ccc1O. The van der Waals surface area contributed by atoms with Gasteiger partial charge in [0.2, 0.25) is 0 Å². The van der Waals surface area contributed by atoms with E-state index in [2.05, 4.69) is 15.9 Å². The molecule has 0 heterocycles. The first-order valence-electron chi connectivity index (χ1n) is 6.77. The van der Waals surface area contributed by atoms with Crippen molar-refractivity contribution in [3.8, 4) is 5.75 Å². The van der Waals surface area contributed by atoms with Crippen molar-refractivity contribution in [2.45, 2.75) is 6.61 Å². The molecule has 4 heteroatoms. The van der Waals surface area contributed by atoms with Gasteiger partial charge in [-0.05, 0) is 34.5 Å². The lowest BCUT2D eigenvalue weighted by atomic mass is 10.1. The minimum Gasteiger partial charge on any atom is -0.507 e. The number of phenols is 1. The highest BCUT2D eigenvalue weighted by atomic mass is 79.9. The highest BCUT2D eigenvalue weighted by Gasteiger charge is 2.13. The van der Waals surface area contributed by atoms with Crippen LogP contribution in [-0.2, 0) is 11.3 Å². The Bertz CT molecular complexity index is 837. The molecule has 3 aromatic carbocycles. The molecule has 0 saturated carbocycles. The zero-order chi connectivity index (χ0) is 15.5. The van der Waals surface area contributed by atoms with Gasteiger partial charge in [-0.15, -0.1) is 0 Å². The lowest BCUT2D eigenvalue weighted by Crippen LogP contribution is -2.06. The Morgan fingerprint density at radius 3 is 2.68 bits per heavy atom. The maximum absolute atomic E-state index is 12.1. The predicted molar refractivity (Wildman–Crippen MR) is 88.9 cm³/mol. The first-order valence-corrected chi connectivity index (χ1v) is 7.57. The number of esters is 1. The van der Waals surface area contributed by atoms with E-state index in [1.807, 2.05) is 42.5 Å². The van der Waals surface area contributed by atoms with Crippen LogP contribution >= 0.6 is 15.9 Å². The summed E-state index contributed by atoms with van der Waals surface area (Å²) in [5.41, 5.74) is 1.08. The molecular formula is C18H13BrO3. The third-order valence-electron chi connectivity index (χ3n) is 3.42. The Balaban J connectivity index is 1.82. The second-order valence-electron chi connectivity index (χ2n) is 4.88. The summed E-state index contributed by atoms with van der Waals surface area (Å²) in [6.07, 6.45) is 0. The number of halogens is 1. The molecule has 110 valence electrons. The van der Waals surface area contributed by atoms with Crippen molar-refractivity contribution >= 4 is 32.7 Å². The van der Waals surface area contributed by atoms with Crippen LogP contribution in [0.15, 0.2) is 65.1 Å². The number of phenolic OH excluding ortho intramolecular Hbond substituents is 1. The molecule has 0 aliphatic carbocycles. The van der Waals surface area contributed by atoms with Gasteiger partial charge in [-0.3, -0.25) is 0 Å². The minimum atomic E-state index is -0.549. The Morgan fingerprint density at radius 1 is 1.05 bits per heavy atom. The van der Waals surface area contributed by atoms with Crippen molar-refractivity contribution in [1.29, 1.82) is 0 Å². The van der Waals surface area contributed by atoms with Gasteiger partial charge in [0, 0.05) is 4.47 Å². The lowest BCUT2D eigenvalue weighted by molar-refractivity contribution is 0.0471. The van der Waals surface area contributed by atoms with Gasteiger partial charge in [-0.1, -0.05) is 58.4 Å². The molecule has 0 saturated heterocycles.